The van der Waals surface area contributed by atoms with Gasteiger partial charge >= 0.3 is 0 Å². The summed E-state index contributed by atoms with van der Waals surface area (Å²) in [7, 11) is 5.94. The molecule has 0 saturated heterocycles. The Hall–Kier alpha value is -2.70. The van der Waals surface area contributed by atoms with Crippen molar-refractivity contribution in [3.63, 3.8) is 0 Å². The van der Waals surface area contributed by atoms with E-state index in [4.69, 9.17) is 12.6 Å². The predicted molar refractivity (Wildman–Crippen MR) is 82.3 cm³/mol. The third-order valence-electron chi connectivity index (χ3n) is 3.53. The van der Waals surface area contributed by atoms with E-state index in [1.165, 1.54) is 24.3 Å². The molecule has 7 heteroatoms. The fraction of sp³-hybridized carbons (Fsp3) is 0.188. The van der Waals surface area contributed by atoms with Crippen LogP contribution in [0.1, 0.15) is 27.4 Å². The number of nitrogens with one attached hydrogen (secondary N) is 1. The lowest BCUT2D eigenvalue weighted by Gasteiger charge is -2.20. The number of amides is 1. The number of fused-ring (bicyclic) bond motifs is 1. The summed E-state index contributed by atoms with van der Waals surface area (Å²) in [4.78, 5) is 28.0. The highest BCUT2D eigenvalue weighted by atomic mass is 19.1. The van der Waals surface area contributed by atoms with E-state index in [1.807, 2.05) is 0 Å². The summed E-state index contributed by atoms with van der Waals surface area (Å²) >= 11 is 0. The normalized spacial score (nSPS) is 14.4. The molecule has 1 amide bonds. The molecule has 5 nitrogen and oxygen atoms in total. The second-order valence-corrected chi connectivity index (χ2v) is 5.23. The molecule has 1 atom stereocenters. The number of ketones is 1. The largest absolute Gasteiger partial charge is 0.480 e. The number of carbonyl (C=O) groups is 2. The summed E-state index contributed by atoms with van der Waals surface area (Å²) in [6, 6.07) is 6.94. The number of Topliss-reactive ketones (excluding diaryl/α,β-unsaturated/α-hetero) is 1. The molecule has 114 valence electrons. The second-order valence-electron chi connectivity index (χ2n) is 5.23. The maximum Gasteiger partial charge on any atom is 0.263 e. The standard InChI is InChI=1S/C16H12BFN2O3/c1-8-6-11(19-16-15(8)23-7-12(21)20-16)14(22)13(17)9-2-4-10(18)5-3-9/h2-6,13H,7H2,1H3,(H,19,20,21). The molecule has 0 fully saturated rings. The van der Waals surface area contributed by atoms with Gasteiger partial charge in [0.1, 0.15) is 11.5 Å². The Morgan fingerprint density at radius 3 is 2.78 bits per heavy atom. The smallest absolute Gasteiger partial charge is 0.263 e. The fourth-order valence-electron chi connectivity index (χ4n) is 2.34. The lowest BCUT2D eigenvalue weighted by Crippen LogP contribution is -2.27. The lowest BCUT2D eigenvalue weighted by molar-refractivity contribution is -0.118. The van der Waals surface area contributed by atoms with Crippen molar-refractivity contribution in [2.24, 2.45) is 0 Å². The third-order valence-corrected chi connectivity index (χ3v) is 3.53. The number of anilines is 1. The maximum atomic E-state index is 13.0. The number of ether oxygens (including phenoxy) is 1. The van der Waals surface area contributed by atoms with E-state index in [0.717, 1.165) is 0 Å². The highest BCUT2D eigenvalue weighted by Gasteiger charge is 2.24. The van der Waals surface area contributed by atoms with Crippen molar-refractivity contribution in [2.75, 3.05) is 11.9 Å². The Bertz CT molecular complexity index is 793. The van der Waals surface area contributed by atoms with E-state index in [9.17, 15) is 14.0 Å². The topological polar surface area (TPSA) is 68.3 Å². The molecule has 1 aromatic carbocycles. The van der Waals surface area contributed by atoms with Gasteiger partial charge in [0.05, 0.1) is 7.85 Å². The Balaban J connectivity index is 1.93. The molecule has 0 saturated carbocycles. The molecule has 3 rings (SSSR count). The van der Waals surface area contributed by atoms with Crippen molar-refractivity contribution >= 4 is 25.4 Å². The maximum absolute atomic E-state index is 13.0. The number of aromatic nitrogens is 1. The SMILES string of the molecule is [B]C(C(=O)c1cc(C)c2c(n1)NC(=O)CO2)c1ccc(F)cc1. The van der Waals surface area contributed by atoms with E-state index < -0.39 is 17.4 Å². The zero-order chi connectivity index (χ0) is 16.6. The molecule has 2 heterocycles. The van der Waals surface area contributed by atoms with E-state index in [2.05, 4.69) is 10.3 Å². The Morgan fingerprint density at radius 2 is 2.09 bits per heavy atom. The van der Waals surface area contributed by atoms with Crippen LogP contribution in [0.5, 0.6) is 5.75 Å². The first-order valence-electron chi connectivity index (χ1n) is 6.95. The number of benzene rings is 1. The molecule has 0 spiro atoms. The predicted octanol–water partition coefficient (Wildman–Crippen LogP) is 1.95. The highest BCUT2D eigenvalue weighted by molar-refractivity contribution is 6.28. The Kier molecular flexibility index (Phi) is 3.86. The van der Waals surface area contributed by atoms with Gasteiger partial charge in [0.2, 0.25) is 0 Å². The van der Waals surface area contributed by atoms with Crippen LogP contribution in [-0.4, -0.2) is 31.1 Å². The number of halogens is 1. The lowest BCUT2D eigenvalue weighted by atomic mass is 9.76. The minimum atomic E-state index is -0.972. The van der Waals surface area contributed by atoms with Crippen LogP contribution in [0.3, 0.4) is 0 Å². The van der Waals surface area contributed by atoms with Crippen LogP contribution in [0.4, 0.5) is 10.2 Å². The molecular formula is C16H12BFN2O3. The average molecular weight is 310 g/mol. The quantitative estimate of drug-likeness (QED) is 0.695. The number of hydrogen-bond donors (Lipinski definition) is 1. The number of carbonyl (C=O) groups excluding carboxylic acids is 2. The van der Waals surface area contributed by atoms with E-state index in [1.54, 1.807) is 13.0 Å². The second kappa shape index (κ2) is 5.83. The minimum Gasteiger partial charge on any atom is -0.480 e. The number of aryl methyl sites for hydroxylation is 1. The summed E-state index contributed by atoms with van der Waals surface area (Å²) < 4.78 is 18.3. The highest BCUT2D eigenvalue weighted by Crippen LogP contribution is 2.31. The van der Waals surface area contributed by atoms with Crippen molar-refractivity contribution in [2.45, 2.75) is 12.7 Å². The van der Waals surface area contributed by atoms with Gasteiger partial charge in [0.25, 0.3) is 5.91 Å². The van der Waals surface area contributed by atoms with Gasteiger partial charge in [-0.15, -0.1) is 0 Å². The zero-order valence-corrected chi connectivity index (χ0v) is 12.3. The van der Waals surface area contributed by atoms with Crippen LogP contribution < -0.4 is 10.1 Å². The molecule has 2 radical (unpaired) electrons. The molecule has 1 aromatic heterocycles. The van der Waals surface area contributed by atoms with Crippen molar-refractivity contribution < 1.29 is 18.7 Å². The molecule has 2 aromatic rings. The van der Waals surface area contributed by atoms with E-state index >= 15 is 0 Å². The molecule has 0 aliphatic carbocycles. The average Bonchev–Trinajstić information content (AvgIpc) is 2.53. The van der Waals surface area contributed by atoms with Gasteiger partial charge in [-0.2, -0.15) is 0 Å². The molecule has 1 aliphatic rings. The fourth-order valence-corrected chi connectivity index (χ4v) is 2.34. The summed E-state index contributed by atoms with van der Waals surface area (Å²) in [5, 5.41) is 2.56. The first-order chi connectivity index (χ1) is 11.0. The van der Waals surface area contributed by atoms with Gasteiger partial charge in [-0.3, -0.25) is 9.59 Å². The van der Waals surface area contributed by atoms with Crippen LogP contribution >= 0.6 is 0 Å². The van der Waals surface area contributed by atoms with E-state index in [0.29, 0.717) is 16.9 Å². The molecule has 0 bridgehead atoms. The van der Waals surface area contributed by atoms with Crippen molar-refractivity contribution in [3.05, 3.63) is 53.0 Å². The molecule has 1 unspecified atom stereocenters. The first-order valence-corrected chi connectivity index (χ1v) is 6.95. The molecular weight excluding hydrogens is 298 g/mol. The van der Waals surface area contributed by atoms with Crippen LogP contribution in [0.2, 0.25) is 0 Å². The van der Waals surface area contributed by atoms with Gasteiger partial charge < -0.3 is 10.1 Å². The Labute approximate surface area is 133 Å². The van der Waals surface area contributed by atoms with Crippen LogP contribution in [-0.2, 0) is 4.79 Å². The minimum absolute atomic E-state index is 0.0854. The van der Waals surface area contributed by atoms with E-state index in [-0.39, 0.29) is 24.0 Å². The number of pyridine rings is 1. The summed E-state index contributed by atoms with van der Waals surface area (Å²) in [6.07, 6.45) is 0. The number of hydrogen-bond acceptors (Lipinski definition) is 4. The van der Waals surface area contributed by atoms with Gasteiger partial charge in [-0.25, -0.2) is 9.37 Å². The van der Waals surface area contributed by atoms with Crippen LogP contribution in [0.25, 0.3) is 0 Å². The number of rotatable bonds is 3. The molecule has 23 heavy (non-hydrogen) atoms. The summed E-state index contributed by atoms with van der Waals surface area (Å²) in [6.45, 7) is 1.66. The van der Waals surface area contributed by atoms with Crippen LogP contribution in [0.15, 0.2) is 30.3 Å². The Morgan fingerprint density at radius 1 is 1.39 bits per heavy atom. The summed E-state index contributed by atoms with van der Waals surface area (Å²) in [5.74, 6) is -1.50. The monoisotopic (exact) mass is 310 g/mol. The number of nitrogens with zero attached hydrogens (tertiary/aromatic N) is 1. The third kappa shape index (κ3) is 2.95. The van der Waals surface area contributed by atoms with Gasteiger partial charge in [0.15, 0.2) is 24.0 Å². The first kappa shape index (κ1) is 15.2. The van der Waals surface area contributed by atoms with Gasteiger partial charge in [-0.05, 0) is 36.2 Å². The van der Waals surface area contributed by atoms with Gasteiger partial charge in [0, 0.05) is 5.82 Å². The van der Waals surface area contributed by atoms with Crippen LogP contribution in [0, 0.1) is 12.7 Å². The van der Waals surface area contributed by atoms with Crippen molar-refractivity contribution in [3.8, 4) is 5.75 Å². The van der Waals surface area contributed by atoms with Gasteiger partial charge in [-0.1, -0.05) is 12.1 Å². The van der Waals surface area contributed by atoms with Crippen molar-refractivity contribution in [1.29, 1.82) is 0 Å². The summed E-state index contributed by atoms with van der Waals surface area (Å²) in [5.41, 5.74) is 1.27. The van der Waals surface area contributed by atoms with Crippen molar-refractivity contribution in [1.82, 2.24) is 4.98 Å². The molecule has 1 aliphatic heterocycles. The molecule has 1 N–H and O–H groups in total. The zero-order valence-electron chi connectivity index (χ0n) is 12.3.